The molecule has 0 fully saturated rings. The summed E-state index contributed by atoms with van der Waals surface area (Å²) >= 11 is 1.61. The maximum absolute atomic E-state index is 12.0. The molecular formula is C22H22N2O3S. The minimum absolute atomic E-state index is 0.176. The van der Waals surface area contributed by atoms with Crippen LogP contribution >= 0.6 is 11.3 Å². The number of carbonyl (C=O) groups is 1. The van der Waals surface area contributed by atoms with Gasteiger partial charge in [0.1, 0.15) is 10.8 Å². The fourth-order valence-electron chi connectivity index (χ4n) is 3.88. The maximum Gasteiger partial charge on any atom is 0.339 e. The van der Waals surface area contributed by atoms with Crippen LogP contribution in [0.3, 0.4) is 0 Å². The number of phenolic OH excluding ortho intramolecular Hbond substituents is 1. The minimum Gasteiger partial charge on any atom is -0.508 e. The second kappa shape index (κ2) is 7.28. The second-order valence-electron chi connectivity index (χ2n) is 7.14. The highest BCUT2D eigenvalue weighted by Gasteiger charge is 2.27. The van der Waals surface area contributed by atoms with Gasteiger partial charge in [-0.1, -0.05) is 6.07 Å². The van der Waals surface area contributed by atoms with E-state index in [-0.39, 0.29) is 5.75 Å². The Morgan fingerprint density at radius 1 is 1.21 bits per heavy atom. The number of aliphatic imine (C=N–C) groups is 1. The molecule has 1 aliphatic carbocycles. The van der Waals surface area contributed by atoms with E-state index in [1.54, 1.807) is 35.8 Å². The molecule has 144 valence electrons. The summed E-state index contributed by atoms with van der Waals surface area (Å²) in [6.45, 7) is 3.98. The quantitative estimate of drug-likeness (QED) is 0.598. The van der Waals surface area contributed by atoms with Crippen molar-refractivity contribution < 1.29 is 15.0 Å². The van der Waals surface area contributed by atoms with Crippen LogP contribution in [0.15, 0.2) is 35.3 Å². The molecule has 0 unspecified atom stereocenters. The van der Waals surface area contributed by atoms with E-state index in [1.807, 2.05) is 30.5 Å². The molecule has 5 nitrogen and oxygen atoms in total. The van der Waals surface area contributed by atoms with Gasteiger partial charge in [0.25, 0.3) is 0 Å². The average Bonchev–Trinajstić information content (AvgIpc) is 3.16. The molecule has 0 saturated heterocycles. The molecule has 6 heteroatoms. The Kier molecular flexibility index (Phi) is 4.81. The average molecular weight is 394 g/mol. The topological polar surface area (TPSA) is 74.8 Å². The zero-order valence-electron chi connectivity index (χ0n) is 15.9. The van der Waals surface area contributed by atoms with Gasteiger partial charge in [0, 0.05) is 34.1 Å². The van der Waals surface area contributed by atoms with Crippen LogP contribution in [0, 0.1) is 13.8 Å². The van der Waals surface area contributed by atoms with Gasteiger partial charge in [-0.15, -0.1) is 11.3 Å². The SMILES string of the molecule is Cc1cc(C=Nc2cccc(O)c2)c(C)n1-c1sc2c(c1C(=O)O)CCCC2. The molecular weight excluding hydrogens is 372 g/mol. The highest BCUT2D eigenvalue weighted by atomic mass is 32.1. The van der Waals surface area contributed by atoms with Crippen molar-refractivity contribution in [2.75, 3.05) is 0 Å². The predicted octanol–water partition coefficient (Wildman–Crippen LogP) is 5.19. The predicted molar refractivity (Wildman–Crippen MR) is 112 cm³/mol. The second-order valence-corrected chi connectivity index (χ2v) is 8.22. The van der Waals surface area contributed by atoms with Crippen molar-refractivity contribution in [3.05, 3.63) is 63.3 Å². The van der Waals surface area contributed by atoms with Gasteiger partial charge in [-0.25, -0.2) is 4.79 Å². The van der Waals surface area contributed by atoms with E-state index >= 15 is 0 Å². The van der Waals surface area contributed by atoms with Crippen LogP contribution in [-0.2, 0) is 12.8 Å². The number of hydrogen-bond acceptors (Lipinski definition) is 4. The van der Waals surface area contributed by atoms with Crippen LogP contribution in [0.25, 0.3) is 5.00 Å². The lowest BCUT2D eigenvalue weighted by Gasteiger charge is -2.11. The molecule has 0 bridgehead atoms. The van der Waals surface area contributed by atoms with Crippen molar-refractivity contribution in [2.24, 2.45) is 4.99 Å². The summed E-state index contributed by atoms with van der Waals surface area (Å²) in [7, 11) is 0. The molecule has 0 aliphatic heterocycles. The zero-order valence-corrected chi connectivity index (χ0v) is 16.7. The number of aryl methyl sites for hydroxylation is 2. The molecule has 1 aliphatic rings. The van der Waals surface area contributed by atoms with Crippen LogP contribution in [0.4, 0.5) is 5.69 Å². The molecule has 2 heterocycles. The minimum atomic E-state index is -0.850. The van der Waals surface area contributed by atoms with E-state index in [0.717, 1.165) is 53.2 Å². The van der Waals surface area contributed by atoms with Crippen LogP contribution in [0.1, 0.15) is 50.6 Å². The Hall–Kier alpha value is -2.86. The molecule has 0 saturated carbocycles. The molecule has 3 aromatic rings. The van der Waals surface area contributed by atoms with Gasteiger partial charge in [0.05, 0.1) is 11.3 Å². The molecule has 28 heavy (non-hydrogen) atoms. The standard InChI is InChI=1S/C22H22N2O3S/c1-13-10-15(12-23-16-6-5-7-17(25)11-16)14(2)24(13)21-20(22(26)27)18-8-3-4-9-19(18)28-21/h5-7,10-12,25H,3-4,8-9H2,1-2H3,(H,26,27). The van der Waals surface area contributed by atoms with Crippen LogP contribution in [0.5, 0.6) is 5.75 Å². The number of benzene rings is 1. The number of hydrogen-bond donors (Lipinski definition) is 2. The molecule has 2 aromatic heterocycles. The van der Waals surface area contributed by atoms with E-state index in [9.17, 15) is 15.0 Å². The van der Waals surface area contributed by atoms with Gasteiger partial charge < -0.3 is 14.8 Å². The lowest BCUT2D eigenvalue weighted by molar-refractivity contribution is 0.0696. The van der Waals surface area contributed by atoms with E-state index in [1.165, 1.54) is 4.88 Å². The number of rotatable bonds is 4. The number of aromatic nitrogens is 1. The van der Waals surface area contributed by atoms with Gasteiger partial charge in [-0.3, -0.25) is 4.99 Å². The monoisotopic (exact) mass is 394 g/mol. The van der Waals surface area contributed by atoms with E-state index in [4.69, 9.17) is 0 Å². The van der Waals surface area contributed by atoms with Gasteiger partial charge >= 0.3 is 5.97 Å². The molecule has 1 aromatic carbocycles. The summed E-state index contributed by atoms with van der Waals surface area (Å²) in [6.07, 6.45) is 5.75. The first-order chi connectivity index (χ1) is 13.5. The normalized spacial score (nSPS) is 13.8. The summed E-state index contributed by atoms with van der Waals surface area (Å²) in [5, 5.41) is 20.3. The number of carboxylic acid groups (broad SMARTS) is 1. The number of phenols is 1. The lowest BCUT2D eigenvalue weighted by Crippen LogP contribution is -2.09. The molecule has 2 N–H and O–H groups in total. The number of nitrogens with zero attached hydrogens (tertiary/aromatic N) is 2. The Balaban J connectivity index is 1.78. The third kappa shape index (κ3) is 3.24. The number of aromatic carboxylic acids is 1. The van der Waals surface area contributed by atoms with Crippen molar-refractivity contribution >= 4 is 29.2 Å². The highest BCUT2D eigenvalue weighted by molar-refractivity contribution is 7.15. The lowest BCUT2D eigenvalue weighted by atomic mass is 9.95. The maximum atomic E-state index is 12.0. The van der Waals surface area contributed by atoms with Crippen LogP contribution in [-0.4, -0.2) is 27.0 Å². The van der Waals surface area contributed by atoms with Crippen molar-refractivity contribution in [1.29, 1.82) is 0 Å². The van der Waals surface area contributed by atoms with Crippen LogP contribution in [0.2, 0.25) is 0 Å². The summed E-state index contributed by atoms with van der Waals surface area (Å²) in [5.74, 6) is -0.674. The zero-order chi connectivity index (χ0) is 19.8. The molecule has 0 radical (unpaired) electrons. The molecule has 4 rings (SSSR count). The number of carboxylic acids is 1. The summed E-state index contributed by atoms with van der Waals surface area (Å²) < 4.78 is 2.04. The van der Waals surface area contributed by atoms with Gasteiger partial charge in [-0.2, -0.15) is 0 Å². The Labute approximate surface area is 167 Å². The summed E-state index contributed by atoms with van der Waals surface area (Å²) in [4.78, 5) is 17.7. The van der Waals surface area contributed by atoms with Crippen LogP contribution < -0.4 is 0 Å². The first-order valence-electron chi connectivity index (χ1n) is 9.36. The molecule has 0 spiro atoms. The van der Waals surface area contributed by atoms with Crippen molar-refractivity contribution in [3.8, 4) is 10.8 Å². The third-order valence-electron chi connectivity index (χ3n) is 5.22. The highest BCUT2D eigenvalue weighted by Crippen LogP contribution is 2.38. The van der Waals surface area contributed by atoms with Crippen molar-refractivity contribution in [1.82, 2.24) is 4.57 Å². The molecule has 0 atom stereocenters. The third-order valence-corrected chi connectivity index (χ3v) is 6.50. The van der Waals surface area contributed by atoms with E-state index < -0.39 is 5.97 Å². The summed E-state index contributed by atoms with van der Waals surface area (Å²) in [6, 6.07) is 8.81. The largest absolute Gasteiger partial charge is 0.508 e. The smallest absolute Gasteiger partial charge is 0.339 e. The van der Waals surface area contributed by atoms with Crippen molar-refractivity contribution in [2.45, 2.75) is 39.5 Å². The number of aromatic hydroxyl groups is 1. The van der Waals surface area contributed by atoms with Crippen molar-refractivity contribution in [3.63, 3.8) is 0 Å². The van der Waals surface area contributed by atoms with Gasteiger partial charge in [0.2, 0.25) is 0 Å². The summed E-state index contributed by atoms with van der Waals surface area (Å²) in [5.41, 5.74) is 5.02. The Morgan fingerprint density at radius 3 is 2.75 bits per heavy atom. The number of thiophene rings is 1. The molecule has 0 amide bonds. The first-order valence-corrected chi connectivity index (χ1v) is 10.2. The van der Waals surface area contributed by atoms with Gasteiger partial charge in [0.15, 0.2) is 0 Å². The number of fused-ring (bicyclic) bond motifs is 1. The Bertz CT molecular complexity index is 1090. The fraction of sp³-hybridized carbons (Fsp3) is 0.273. The Morgan fingerprint density at radius 2 is 2.00 bits per heavy atom. The van der Waals surface area contributed by atoms with E-state index in [0.29, 0.717) is 11.3 Å². The van der Waals surface area contributed by atoms with Gasteiger partial charge in [-0.05, 0) is 63.3 Å². The fourth-order valence-corrected chi connectivity index (χ4v) is 5.37. The van der Waals surface area contributed by atoms with E-state index in [2.05, 4.69) is 4.99 Å². The first kappa shape index (κ1) is 18.5.